The summed E-state index contributed by atoms with van der Waals surface area (Å²) in [5.41, 5.74) is 1.97. The number of nitrogens with zero attached hydrogens (tertiary/aromatic N) is 2. The number of ether oxygens (including phenoxy) is 1. The summed E-state index contributed by atoms with van der Waals surface area (Å²) in [4.78, 5) is 10.5. The fourth-order valence-electron chi connectivity index (χ4n) is 2.67. The van der Waals surface area contributed by atoms with E-state index in [4.69, 9.17) is 16.3 Å². The lowest BCUT2D eigenvalue weighted by molar-refractivity contribution is -0.384. The van der Waals surface area contributed by atoms with Gasteiger partial charge in [-0.05, 0) is 63.0 Å². The molecule has 30 heavy (non-hydrogen) atoms. The molecule has 0 fully saturated rings. The zero-order valence-corrected chi connectivity index (χ0v) is 17.7. The molecule has 0 unspecified atom stereocenters. The van der Waals surface area contributed by atoms with Crippen LogP contribution < -0.4 is 4.74 Å². The molecule has 0 saturated carbocycles. The minimum atomic E-state index is -0.515. The Labute approximate surface area is 185 Å². The van der Waals surface area contributed by atoms with Gasteiger partial charge in [0.2, 0.25) is 0 Å². The van der Waals surface area contributed by atoms with Gasteiger partial charge >= 0.3 is 0 Å². The van der Waals surface area contributed by atoms with E-state index < -0.39 is 4.92 Å². The minimum Gasteiger partial charge on any atom is -0.486 e. The first kappa shape index (κ1) is 21.5. The zero-order chi connectivity index (χ0) is 21.7. The highest BCUT2D eigenvalue weighted by Gasteiger charge is 2.12. The van der Waals surface area contributed by atoms with Crippen LogP contribution in [0.1, 0.15) is 16.7 Å². The molecule has 0 spiro atoms. The van der Waals surface area contributed by atoms with Crippen LogP contribution in [0.25, 0.3) is 11.6 Å². The number of hydrogen-bond acceptors (Lipinski definition) is 4. The Hall–Kier alpha value is -3.21. The molecule has 0 bridgehead atoms. The normalized spacial score (nSPS) is 11.1. The molecule has 5 nitrogen and oxygen atoms in total. The fourth-order valence-corrected chi connectivity index (χ4v) is 3.66. The molecule has 0 aromatic heterocycles. The molecular formula is C22H13BrClFN2O3. The lowest BCUT2D eigenvalue weighted by atomic mass is 10.0. The SMILES string of the molecule is N#C/C(=C/c1cc(Cl)c(OCc2ccc(F)cc2)c(Br)c1)c1cccc([N+](=O)[O-])c1. The highest BCUT2D eigenvalue weighted by molar-refractivity contribution is 9.10. The Bertz CT molecular complexity index is 1150. The molecule has 150 valence electrons. The van der Waals surface area contributed by atoms with Crippen LogP contribution in [0.2, 0.25) is 5.02 Å². The smallest absolute Gasteiger partial charge is 0.270 e. The van der Waals surface area contributed by atoms with Crippen molar-refractivity contribution in [3.63, 3.8) is 0 Å². The number of non-ortho nitro benzene ring substituents is 1. The molecule has 8 heteroatoms. The van der Waals surface area contributed by atoms with E-state index in [0.29, 0.717) is 26.4 Å². The zero-order valence-electron chi connectivity index (χ0n) is 15.3. The molecule has 0 saturated heterocycles. The molecule has 0 aliphatic heterocycles. The Morgan fingerprint density at radius 1 is 1.23 bits per heavy atom. The van der Waals surface area contributed by atoms with Gasteiger partial charge in [-0.25, -0.2) is 4.39 Å². The third kappa shape index (κ3) is 5.23. The number of benzene rings is 3. The number of rotatable bonds is 6. The monoisotopic (exact) mass is 486 g/mol. The number of nitro groups is 1. The summed E-state index contributed by atoms with van der Waals surface area (Å²) >= 11 is 9.76. The predicted octanol–water partition coefficient (Wildman–Crippen LogP) is 6.79. The molecule has 3 rings (SSSR count). The highest BCUT2D eigenvalue weighted by atomic mass is 79.9. The van der Waals surface area contributed by atoms with Crippen molar-refractivity contribution >= 4 is 44.9 Å². The van der Waals surface area contributed by atoms with Crippen molar-refractivity contribution < 1.29 is 14.1 Å². The van der Waals surface area contributed by atoms with Crippen molar-refractivity contribution in [2.24, 2.45) is 0 Å². The molecule has 0 aliphatic carbocycles. The summed E-state index contributed by atoms with van der Waals surface area (Å²) in [6, 6.07) is 17.2. The summed E-state index contributed by atoms with van der Waals surface area (Å²) < 4.78 is 19.3. The predicted molar refractivity (Wildman–Crippen MR) is 116 cm³/mol. The summed E-state index contributed by atoms with van der Waals surface area (Å²) in [5.74, 6) is 0.0816. The average Bonchev–Trinajstić information content (AvgIpc) is 2.72. The molecule has 0 radical (unpaired) electrons. The Morgan fingerprint density at radius 3 is 2.60 bits per heavy atom. The van der Waals surface area contributed by atoms with Crippen molar-refractivity contribution in [2.45, 2.75) is 6.61 Å². The van der Waals surface area contributed by atoms with Gasteiger partial charge < -0.3 is 4.74 Å². The van der Waals surface area contributed by atoms with Crippen LogP contribution in [0.5, 0.6) is 5.75 Å². The molecule has 3 aromatic rings. The van der Waals surface area contributed by atoms with E-state index in [-0.39, 0.29) is 23.7 Å². The van der Waals surface area contributed by atoms with Gasteiger partial charge in [0.05, 0.1) is 26.1 Å². The largest absolute Gasteiger partial charge is 0.486 e. The summed E-state index contributed by atoms with van der Waals surface area (Å²) in [6.07, 6.45) is 1.58. The lowest BCUT2D eigenvalue weighted by Crippen LogP contribution is -1.97. The van der Waals surface area contributed by atoms with E-state index in [1.54, 1.807) is 36.4 Å². The van der Waals surface area contributed by atoms with Gasteiger partial charge in [0.1, 0.15) is 12.4 Å². The van der Waals surface area contributed by atoms with E-state index in [1.807, 2.05) is 0 Å². The van der Waals surface area contributed by atoms with E-state index in [0.717, 1.165) is 5.56 Å². The third-order valence-electron chi connectivity index (χ3n) is 4.12. The maximum Gasteiger partial charge on any atom is 0.270 e. The van der Waals surface area contributed by atoms with Gasteiger partial charge in [0.25, 0.3) is 5.69 Å². The number of nitro benzene ring substituents is 1. The molecule has 0 atom stereocenters. The minimum absolute atomic E-state index is 0.0996. The number of hydrogen-bond donors (Lipinski definition) is 0. The van der Waals surface area contributed by atoms with Gasteiger partial charge in [-0.15, -0.1) is 0 Å². The van der Waals surface area contributed by atoms with Gasteiger partial charge in [0, 0.05) is 12.1 Å². The maximum absolute atomic E-state index is 13.0. The molecule has 0 N–H and O–H groups in total. The average molecular weight is 488 g/mol. The van der Waals surface area contributed by atoms with Crippen LogP contribution >= 0.6 is 27.5 Å². The second kappa shape index (κ2) is 9.53. The third-order valence-corrected chi connectivity index (χ3v) is 4.99. The van der Waals surface area contributed by atoms with Crippen molar-refractivity contribution in [2.75, 3.05) is 0 Å². The molecule has 0 aliphatic rings. The number of nitriles is 1. The molecule has 0 amide bonds. The van der Waals surface area contributed by atoms with Crippen LogP contribution in [0, 0.1) is 27.3 Å². The Morgan fingerprint density at radius 2 is 1.97 bits per heavy atom. The van der Waals surface area contributed by atoms with Gasteiger partial charge in [-0.3, -0.25) is 10.1 Å². The quantitative estimate of drug-likeness (QED) is 0.166. The van der Waals surface area contributed by atoms with Crippen molar-refractivity contribution in [3.8, 4) is 11.8 Å². The van der Waals surface area contributed by atoms with Crippen LogP contribution in [-0.4, -0.2) is 4.92 Å². The first-order valence-corrected chi connectivity index (χ1v) is 9.77. The number of halogens is 3. The topological polar surface area (TPSA) is 76.2 Å². The second-order valence-corrected chi connectivity index (χ2v) is 7.47. The van der Waals surface area contributed by atoms with E-state index >= 15 is 0 Å². The summed E-state index contributed by atoms with van der Waals surface area (Å²) in [7, 11) is 0. The molecule has 0 heterocycles. The van der Waals surface area contributed by atoms with E-state index in [1.165, 1.54) is 30.3 Å². The van der Waals surface area contributed by atoms with Crippen molar-refractivity contribution in [1.29, 1.82) is 5.26 Å². The maximum atomic E-state index is 13.0. The first-order valence-electron chi connectivity index (χ1n) is 8.60. The first-order chi connectivity index (χ1) is 14.4. The number of allylic oxidation sites excluding steroid dienone is 1. The lowest BCUT2D eigenvalue weighted by Gasteiger charge is -2.11. The van der Waals surface area contributed by atoms with Crippen LogP contribution in [0.3, 0.4) is 0 Å². The van der Waals surface area contributed by atoms with E-state index in [9.17, 15) is 19.8 Å². The van der Waals surface area contributed by atoms with Crippen LogP contribution in [0.4, 0.5) is 10.1 Å². The van der Waals surface area contributed by atoms with Gasteiger partial charge in [0.15, 0.2) is 5.75 Å². The standard InChI is InChI=1S/C22H13BrClFN2O3/c23-20-9-15(8-17(12-26)16-2-1-3-19(11-16)27(28)29)10-21(24)22(20)30-13-14-4-6-18(25)7-5-14/h1-11H,13H2/b17-8-. The Balaban J connectivity index is 1.86. The molecule has 3 aromatic carbocycles. The highest BCUT2D eigenvalue weighted by Crippen LogP contribution is 2.36. The Kier molecular flexibility index (Phi) is 6.83. The molecular weight excluding hydrogens is 475 g/mol. The van der Waals surface area contributed by atoms with Crippen LogP contribution in [-0.2, 0) is 6.61 Å². The van der Waals surface area contributed by atoms with Crippen molar-refractivity contribution in [1.82, 2.24) is 0 Å². The van der Waals surface area contributed by atoms with Gasteiger partial charge in [-0.1, -0.05) is 35.9 Å². The van der Waals surface area contributed by atoms with Crippen molar-refractivity contribution in [3.05, 3.63) is 103 Å². The van der Waals surface area contributed by atoms with E-state index in [2.05, 4.69) is 22.0 Å². The fraction of sp³-hybridized carbons (Fsp3) is 0.0455. The summed E-state index contributed by atoms with van der Waals surface area (Å²) in [5, 5.41) is 20.8. The second-order valence-electron chi connectivity index (χ2n) is 6.21. The van der Waals surface area contributed by atoms with Gasteiger partial charge in [-0.2, -0.15) is 5.26 Å². The van der Waals surface area contributed by atoms with Crippen LogP contribution in [0.15, 0.2) is 65.1 Å². The summed E-state index contributed by atoms with van der Waals surface area (Å²) in [6.45, 7) is 0.199.